The molecule has 23 heavy (non-hydrogen) atoms. The van der Waals surface area contributed by atoms with Crippen LogP contribution in [0.4, 0.5) is 11.5 Å². The lowest BCUT2D eigenvalue weighted by molar-refractivity contribution is 0.600. The Bertz CT molecular complexity index is 767. The van der Waals surface area contributed by atoms with Crippen molar-refractivity contribution < 1.29 is 8.42 Å². The zero-order valence-electron chi connectivity index (χ0n) is 14.0. The predicted octanol–water partition coefficient (Wildman–Crippen LogP) is 3.35. The van der Waals surface area contributed by atoms with Crippen molar-refractivity contribution in [3.05, 3.63) is 47.7 Å². The van der Waals surface area contributed by atoms with Gasteiger partial charge < -0.3 is 4.90 Å². The van der Waals surface area contributed by atoms with Crippen molar-refractivity contribution in [3.63, 3.8) is 0 Å². The second-order valence-electron chi connectivity index (χ2n) is 5.45. The number of aryl methyl sites for hydroxylation is 2. The average Bonchev–Trinajstić information content (AvgIpc) is 2.52. The summed E-state index contributed by atoms with van der Waals surface area (Å²) in [6.45, 7) is 9.55. The van der Waals surface area contributed by atoms with Crippen LogP contribution in [0, 0.1) is 13.8 Å². The number of anilines is 2. The highest BCUT2D eigenvalue weighted by Crippen LogP contribution is 2.21. The minimum atomic E-state index is -3.64. The summed E-state index contributed by atoms with van der Waals surface area (Å²) in [6.07, 6.45) is 1.69. The Balaban J connectivity index is 2.25. The topological polar surface area (TPSA) is 62.3 Å². The third kappa shape index (κ3) is 4.01. The van der Waals surface area contributed by atoms with Crippen LogP contribution >= 0.6 is 0 Å². The van der Waals surface area contributed by atoms with Gasteiger partial charge >= 0.3 is 0 Å². The molecule has 0 aliphatic carbocycles. The standard InChI is InChI=1S/C17H23N3O2S/c1-5-20(6-2)15-9-10-17(18-12-15)19-23(21,22)16-11-13(3)7-8-14(16)4/h7-12H,5-6H2,1-4H3,(H,18,19). The first-order valence-corrected chi connectivity index (χ1v) is 9.16. The maximum atomic E-state index is 12.5. The van der Waals surface area contributed by atoms with Crippen molar-refractivity contribution in [1.82, 2.24) is 4.98 Å². The van der Waals surface area contributed by atoms with Gasteiger partial charge in [0.25, 0.3) is 10.0 Å². The van der Waals surface area contributed by atoms with E-state index in [1.165, 1.54) is 0 Å². The van der Waals surface area contributed by atoms with E-state index in [9.17, 15) is 8.42 Å². The molecule has 5 nitrogen and oxygen atoms in total. The highest BCUT2D eigenvalue weighted by atomic mass is 32.2. The molecule has 1 aromatic carbocycles. The number of rotatable bonds is 6. The van der Waals surface area contributed by atoms with Crippen LogP contribution in [0.1, 0.15) is 25.0 Å². The molecule has 0 aliphatic heterocycles. The first kappa shape index (κ1) is 17.3. The molecule has 2 rings (SSSR count). The maximum Gasteiger partial charge on any atom is 0.263 e. The van der Waals surface area contributed by atoms with Crippen molar-refractivity contribution in [3.8, 4) is 0 Å². The molecule has 0 saturated carbocycles. The van der Waals surface area contributed by atoms with E-state index < -0.39 is 10.0 Å². The molecule has 0 bridgehead atoms. The minimum absolute atomic E-state index is 0.284. The van der Waals surface area contributed by atoms with Gasteiger partial charge in [0.1, 0.15) is 5.82 Å². The fourth-order valence-electron chi connectivity index (χ4n) is 2.41. The molecule has 0 atom stereocenters. The zero-order valence-corrected chi connectivity index (χ0v) is 14.8. The van der Waals surface area contributed by atoms with Crippen LogP contribution in [0.25, 0.3) is 0 Å². The second kappa shape index (κ2) is 7.00. The van der Waals surface area contributed by atoms with Gasteiger partial charge in [0.05, 0.1) is 16.8 Å². The van der Waals surface area contributed by atoms with E-state index in [-0.39, 0.29) is 4.90 Å². The molecule has 0 saturated heterocycles. The Morgan fingerprint density at radius 2 is 1.78 bits per heavy atom. The van der Waals surface area contributed by atoms with Crippen molar-refractivity contribution in [2.24, 2.45) is 0 Å². The van der Waals surface area contributed by atoms with Crippen molar-refractivity contribution in [2.45, 2.75) is 32.6 Å². The summed E-state index contributed by atoms with van der Waals surface area (Å²) >= 11 is 0. The summed E-state index contributed by atoms with van der Waals surface area (Å²) in [4.78, 5) is 6.66. The number of sulfonamides is 1. The molecule has 124 valence electrons. The first-order valence-electron chi connectivity index (χ1n) is 7.68. The van der Waals surface area contributed by atoms with Gasteiger partial charge in [0.15, 0.2) is 0 Å². The number of nitrogens with one attached hydrogen (secondary N) is 1. The number of nitrogens with zero attached hydrogens (tertiary/aromatic N) is 2. The predicted molar refractivity (Wildman–Crippen MR) is 94.5 cm³/mol. The van der Waals surface area contributed by atoms with Gasteiger partial charge in [0, 0.05) is 13.1 Å². The fourth-order valence-corrected chi connectivity index (χ4v) is 3.75. The maximum absolute atomic E-state index is 12.5. The number of hydrogen-bond acceptors (Lipinski definition) is 4. The van der Waals surface area contributed by atoms with E-state index in [0.29, 0.717) is 11.4 Å². The number of aromatic nitrogens is 1. The second-order valence-corrected chi connectivity index (χ2v) is 7.10. The van der Waals surface area contributed by atoms with E-state index in [2.05, 4.69) is 28.5 Å². The van der Waals surface area contributed by atoms with Gasteiger partial charge in [-0.3, -0.25) is 4.72 Å². The van der Waals surface area contributed by atoms with Crippen LogP contribution in [0.5, 0.6) is 0 Å². The molecular weight excluding hydrogens is 310 g/mol. The number of pyridine rings is 1. The Hall–Kier alpha value is -2.08. The summed E-state index contributed by atoms with van der Waals surface area (Å²) in [5, 5.41) is 0. The highest BCUT2D eigenvalue weighted by Gasteiger charge is 2.17. The lowest BCUT2D eigenvalue weighted by atomic mass is 10.2. The molecular formula is C17H23N3O2S. The molecule has 0 fully saturated rings. The van der Waals surface area contributed by atoms with Crippen molar-refractivity contribution in [2.75, 3.05) is 22.7 Å². The smallest absolute Gasteiger partial charge is 0.263 e. The Morgan fingerprint density at radius 3 is 2.35 bits per heavy atom. The normalized spacial score (nSPS) is 11.3. The van der Waals surface area contributed by atoms with Crippen LogP contribution in [0.2, 0.25) is 0 Å². The third-order valence-electron chi connectivity index (χ3n) is 3.75. The summed E-state index contributed by atoms with van der Waals surface area (Å²) in [6, 6.07) is 8.94. The lowest BCUT2D eigenvalue weighted by Gasteiger charge is -2.20. The molecule has 0 aliphatic rings. The van der Waals surface area contributed by atoms with E-state index in [0.717, 1.165) is 24.3 Å². The van der Waals surface area contributed by atoms with Gasteiger partial charge in [-0.05, 0) is 57.0 Å². The molecule has 1 N–H and O–H groups in total. The van der Waals surface area contributed by atoms with Crippen LogP contribution < -0.4 is 9.62 Å². The summed E-state index contributed by atoms with van der Waals surface area (Å²) in [5.74, 6) is 0.321. The molecule has 1 aromatic heterocycles. The highest BCUT2D eigenvalue weighted by molar-refractivity contribution is 7.92. The molecule has 6 heteroatoms. The van der Waals surface area contributed by atoms with E-state index >= 15 is 0 Å². The Morgan fingerprint density at radius 1 is 1.09 bits per heavy atom. The first-order chi connectivity index (χ1) is 10.9. The third-order valence-corrected chi connectivity index (χ3v) is 5.25. The van der Waals surface area contributed by atoms with Crippen LogP contribution in [-0.4, -0.2) is 26.5 Å². The molecule has 0 spiro atoms. The molecule has 0 radical (unpaired) electrons. The van der Waals surface area contributed by atoms with Crippen LogP contribution in [0.15, 0.2) is 41.4 Å². The van der Waals surface area contributed by atoms with Gasteiger partial charge in [-0.1, -0.05) is 12.1 Å². The van der Waals surface area contributed by atoms with Gasteiger partial charge in [-0.15, -0.1) is 0 Å². The van der Waals surface area contributed by atoms with E-state index in [1.807, 2.05) is 19.1 Å². The molecule has 0 amide bonds. The Labute approximate surface area is 138 Å². The molecule has 2 aromatic rings. The van der Waals surface area contributed by atoms with Crippen molar-refractivity contribution >= 4 is 21.5 Å². The summed E-state index contributed by atoms with van der Waals surface area (Å²) in [7, 11) is -3.64. The largest absolute Gasteiger partial charge is 0.371 e. The van der Waals surface area contributed by atoms with Gasteiger partial charge in [0.2, 0.25) is 0 Å². The van der Waals surface area contributed by atoms with Crippen LogP contribution in [-0.2, 0) is 10.0 Å². The average molecular weight is 333 g/mol. The minimum Gasteiger partial charge on any atom is -0.371 e. The van der Waals surface area contributed by atoms with Gasteiger partial charge in [-0.25, -0.2) is 13.4 Å². The quantitative estimate of drug-likeness (QED) is 0.880. The fraction of sp³-hybridized carbons (Fsp3) is 0.353. The SMILES string of the molecule is CCN(CC)c1ccc(NS(=O)(=O)c2cc(C)ccc2C)nc1. The van der Waals surface area contributed by atoms with Gasteiger partial charge in [-0.2, -0.15) is 0 Å². The zero-order chi connectivity index (χ0) is 17.0. The van der Waals surface area contributed by atoms with Crippen molar-refractivity contribution in [1.29, 1.82) is 0 Å². The summed E-state index contributed by atoms with van der Waals surface area (Å²) < 4.78 is 27.6. The van der Waals surface area contributed by atoms with E-state index in [4.69, 9.17) is 0 Å². The van der Waals surface area contributed by atoms with E-state index in [1.54, 1.807) is 31.3 Å². The molecule has 1 heterocycles. The lowest BCUT2D eigenvalue weighted by Crippen LogP contribution is -2.22. The summed E-state index contributed by atoms with van der Waals surface area (Å²) in [5.41, 5.74) is 2.59. The monoisotopic (exact) mass is 333 g/mol. The van der Waals surface area contributed by atoms with Crippen LogP contribution in [0.3, 0.4) is 0 Å². The molecule has 0 unspecified atom stereocenters. The Kier molecular flexibility index (Phi) is 5.26. The number of hydrogen-bond donors (Lipinski definition) is 1. The number of benzene rings is 1.